The van der Waals surface area contributed by atoms with Crippen LogP contribution in [0.3, 0.4) is 0 Å². The van der Waals surface area contributed by atoms with Crippen LogP contribution in [0.25, 0.3) is 10.9 Å². The van der Waals surface area contributed by atoms with E-state index in [1.807, 2.05) is 41.1 Å². The Morgan fingerprint density at radius 2 is 1.81 bits per heavy atom. The molecule has 1 atom stereocenters. The Hall–Kier alpha value is -3.76. The second-order valence-electron chi connectivity index (χ2n) is 9.31. The molecule has 10 heteroatoms. The molecule has 6 rings (SSSR count). The summed E-state index contributed by atoms with van der Waals surface area (Å²) in [7, 11) is 0. The third kappa shape index (κ3) is 4.33. The monoisotopic (exact) mass is 487 g/mol. The first-order chi connectivity index (χ1) is 17.7. The predicted octanol–water partition coefficient (Wildman–Crippen LogP) is 2.41. The molecule has 0 spiro atoms. The van der Waals surface area contributed by atoms with Gasteiger partial charge in [0, 0.05) is 43.2 Å². The first kappa shape index (κ1) is 22.7. The second-order valence-corrected chi connectivity index (χ2v) is 9.31. The number of tetrazole rings is 1. The Balaban J connectivity index is 1.42. The number of H-pyrrole nitrogens is 1. The Kier molecular flexibility index (Phi) is 6.12. The molecule has 1 unspecified atom stereocenters. The van der Waals surface area contributed by atoms with Gasteiger partial charge in [0.05, 0.1) is 12.1 Å². The largest absolute Gasteiger partial charge is 0.454 e. The van der Waals surface area contributed by atoms with Gasteiger partial charge in [0.1, 0.15) is 6.04 Å². The summed E-state index contributed by atoms with van der Waals surface area (Å²) >= 11 is 0. The van der Waals surface area contributed by atoms with Crippen molar-refractivity contribution < 1.29 is 9.47 Å². The highest BCUT2D eigenvalue weighted by molar-refractivity contribution is 5.83. The number of piperazine rings is 1. The predicted molar refractivity (Wildman–Crippen MR) is 134 cm³/mol. The lowest BCUT2D eigenvalue weighted by Crippen LogP contribution is -2.49. The number of hydrogen-bond donors (Lipinski definition) is 1. The van der Waals surface area contributed by atoms with Gasteiger partial charge in [-0.2, -0.15) is 0 Å². The van der Waals surface area contributed by atoms with Crippen LogP contribution in [0, 0.1) is 0 Å². The zero-order valence-corrected chi connectivity index (χ0v) is 20.3. The van der Waals surface area contributed by atoms with Crippen LogP contribution in [0.5, 0.6) is 11.5 Å². The summed E-state index contributed by atoms with van der Waals surface area (Å²) in [4.78, 5) is 21.4. The Labute approximate surface area is 208 Å². The molecule has 0 radical (unpaired) electrons. The average molecular weight is 488 g/mol. The first-order valence-corrected chi connectivity index (χ1v) is 12.4. The summed E-state index contributed by atoms with van der Waals surface area (Å²) in [5, 5.41) is 13.7. The molecule has 0 saturated carbocycles. The molecule has 2 aromatic heterocycles. The van der Waals surface area contributed by atoms with E-state index in [-0.39, 0.29) is 18.4 Å². The number of aromatic amines is 1. The topological polar surface area (TPSA) is 101 Å². The van der Waals surface area contributed by atoms with E-state index in [2.05, 4.69) is 49.4 Å². The van der Waals surface area contributed by atoms with E-state index in [0.29, 0.717) is 34.9 Å². The molecule has 1 N–H and O–H groups in total. The number of rotatable bonds is 7. The fourth-order valence-electron chi connectivity index (χ4n) is 5.15. The van der Waals surface area contributed by atoms with Crippen LogP contribution in [0.4, 0.5) is 0 Å². The van der Waals surface area contributed by atoms with Crippen molar-refractivity contribution in [2.45, 2.75) is 25.9 Å². The SMILES string of the molecule is CCCN1CCN(C(c2cc3cc4c(cc3[nH]c2=O)OCO4)c2nnnn2Cc2ccccc2)CC1. The van der Waals surface area contributed by atoms with E-state index in [4.69, 9.17) is 9.47 Å². The molecule has 36 heavy (non-hydrogen) atoms. The van der Waals surface area contributed by atoms with Gasteiger partial charge in [-0.3, -0.25) is 9.69 Å². The highest BCUT2D eigenvalue weighted by atomic mass is 16.7. The van der Waals surface area contributed by atoms with Crippen LogP contribution in [0.15, 0.2) is 53.3 Å². The van der Waals surface area contributed by atoms with Crippen LogP contribution >= 0.6 is 0 Å². The van der Waals surface area contributed by atoms with Crippen molar-refractivity contribution in [3.05, 3.63) is 75.8 Å². The number of ether oxygens (including phenoxy) is 2. The molecule has 0 bridgehead atoms. The fourth-order valence-corrected chi connectivity index (χ4v) is 5.15. The maximum absolute atomic E-state index is 13.5. The number of pyridine rings is 1. The second kappa shape index (κ2) is 9.71. The lowest BCUT2D eigenvalue weighted by Gasteiger charge is -2.38. The standard InChI is InChI=1S/C26H29N7O3/c1-2-8-31-9-11-32(12-10-31)24(25-28-29-30-33(25)16-18-6-4-3-5-7-18)20-13-19-14-22-23(36-17-35-22)15-21(19)27-26(20)34/h3-7,13-15,24H,2,8-12,16-17H2,1H3,(H,27,34). The molecule has 2 aliphatic heterocycles. The van der Waals surface area contributed by atoms with Gasteiger partial charge in [0.25, 0.3) is 5.56 Å². The normalized spacial score (nSPS) is 17.0. The maximum Gasteiger partial charge on any atom is 0.253 e. The molecule has 2 aromatic carbocycles. The van der Waals surface area contributed by atoms with Gasteiger partial charge < -0.3 is 19.4 Å². The van der Waals surface area contributed by atoms with Gasteiger partial charge in [-0.05, 0) is 41.1 Å². The number of fused-ring (bicyclic) bond motifs is 2. The average Bonchev–Trinajstić information content (AvgIpc) is 3.54. The van der Waals surface area contributed by atoms with Gasteiger partial charge >= 0.3 is 0 Å². The zero-order chi connectivity index (χ0) is 24.5. The number of hydrogen-bond acceptors (Lipinski definition) is 8. The summed E-state index contributed by atoms with van der Waals surface area (Å²) in [6.07, 6.45) is 1.12. The van der Waals surface area contributed by atoms with E-state index in [1.165, 1.54) is 0 Å². The summed E-state index contributed by atoms with van der Waals surface area (Å²) < 4.78 is 12.9. The van der Waals surface area contributed by atoms with Gasteiger partial charge in [0.2, 0.25) is 6.79 Å². The van der Waals surface area contributed by atoms with E-state index in [0.717, 1.165) is 50.1 Å². The number of benzene rings is 2. The quantitative estimate of drug-likeness (QED) is 0.424. The molecule has 186 valence electrons. The van der Waals surface area contributed by atoms with Crippen molar-refractivity contribution in [2.75, 3.05) is 39.5 Å². The summed E-state index contributed by atoms with van der Waals surface area (Å²) in [5.41, 5.74) is 2.27. The van der Waals surface area contributed by atoms with E-state index in [1.54, 1.807) is 0 Å². The molecule has 4 aromatic rings. The molecule has 0 aliphatic carbocycles. The van der Waals surface area contributed by atoms with Gasteiger partial charge in [0.15, 0.2) is 17.3 Å². The fraction of sp³-hybridized carbons (Fsp3) is 0.385. The Bertz CT molecular complexity index is 1410. The van der Waals surface area contributed by atoms with Crippen LogP contribution in [-0.4, -0.2) is 74.5 Å². The van der Waals surface area contributed by atoms with Crippen molar-refractivity contribution in [1.29, 1.82) is 0 Å². The highest BCUT2D eigenvalue weighted by Crippen LogP contribution is 2.36. The molecule has 4 heterocycles. The Morgan fingerprint density at radius 3 is 2.58 bits per heavy atom. The molecule has 1 fully saturated rings. The minimum atomic E-state index is -0.383. The summed E-state index contributed by atoms with van der Waals surface area (Å²) in [5.74, 6) is 1.98. The van der Waals surface area contributed by atoms with Gasteiger partial charge in [-0.25, -0.2) is 4.68 Å². The number of nitrogens with one attached hydrogen (secondary N) is 1. The van der Waals surface area contributed by atoms with Crippen molar-refractivity contribution in [3.63, 3.8) is 0 Å². The van der Waals surface area contributed by atoms with Crippen LogP contribution in [0.1, 0.15) is 36.3 Å². The number of nitrogens with zero attached hydrogens (tertiary/aromatic N) is 6. The van der Waals surface area contributed by atoms with Crippen LogP contribution < -0.4 is 15.0 Å². The minimum Gasteiger partial charge on any atom is -0.454 e. The van der Waals surface area contributed by atoms with Crippen molar-refractivity contribution in [2.24, 2.45) is 0 Å². The molecular formula is C26H29N7O3. The third-order valence-corrected chi connectivity index (χ3v) is 6.95. The van der Waals surface area contributed by atoms with Crippen molar-refractivity contribution in [1.82, 2.24) is 35.0 Å². The minimum absolute atomic E-state index is 0.156. The van der Waals surface area contributed by atoms with Crippen LogP contribution in [0.2, 0.25) is 0 Å². The lowest BCUT2D eigenvalue weighted by molar-refractivity contribution is 0.104. The van der Waals surface area contributed by atoms with E-state index in [9.17, 15) is 4.79 Å². The lowest BCUT2D eigenvalue weighted by atomic mass is 10.0. The molecule has 1 saturated heterocycles. The van der Waals surface area contributed by atoms with Crippen LogP contribution in [-0.2, 0) is 6.54 Å². The van der Waals surface area contributed by atoms with Gasteiger partial charge in [-0.15, -0.1) is 5.10 Å². The highest BCUT2D eigenvalue weighted by Gasteiger charge is 2.33. The van der Waals surface area contributed by atoms with Gasteiger partial charge in [-0.1, -0.05) is 37.3 Å². The number of aromatic nitrogens is 5. The van der Waals surface area contributed by atoms with Crippen molar-refractivity contribution >= 4 is 10.9 Å². The van der Waals surface area contributed by atoms with E-state index < -0.39 is 0 Å². The molecular weight excluding hydrogens is 458 g/mol. The molecule has 2 aliphatic rings. The zero-order valence-electron chi connectivity index (χ0n) is 20.3. The Morgan fingerprint density at radius 1 is 1.03 bits per heavy atom. The van der Waals surface area contributed by atoms with Crippen molar-refractivity contribution in [3.8, 4) is 11.5 Å². The first-order valence-electron chi connectivity index (χ1n) is 12.4. The molecule has 0 amide bonds. The third-order valence-electron chi connectivity index (χ3n) is 6.95. The smallest absolute Gasteiger partial charge is 0.253 e. The maximum atomic E-state index is 13.5. The molecule has 10 nitrogen and oxygen atoms in total. The summed E-state index contributed by atoms with van der Waals surface area (Å²) in [6, 6.07) is 15.4. The summed E-state index contributed by atoms with van der Waals surface area (Å²) in [6.45, 7) is 7.51. The van der Waals surface area contributed by atoms with E-state index >= 15 is 0 Å².